The summed E-state index contributed by atoms with van der Waals surface area (Å²) in [6.45, 7) is 10.3. The van der Waals surface area contributed by atoms with Crippen molar-refractivity contribution in [2.75, 3.05) is 31.1 Å². The van der Waals surface area contributed by atoms with Crippen molar-refractivity contribution in [3.05, 3.63) is 41.9 Å². The number of hydrogen-bond acceptors (Lipinski definition) is 5. The molecule has 8 nitrogen and oxygen atoms in total. The lowest BCUT2D eigenvalue weighted by atomic mass is 10.0. The zero-order chi connectivity index (χ0) is 22.5. The van der Waals surface area contributed by atoms with Gasteiger partial charge in [0.1, 0.15) is 0 Å². The fourth-order valence-electron chi connectivity index (χ4n) is 4.43. The number of rotatable bonds is 9. The van der Waals surface area contributed by atoms with Gasteiger partial charge >= 0.3 is 0 Å². The van der Waals surface area contributed by atoms with Crippen LogP contribution in [0.5, 0.6) is 0 Å². The Bertz CT molecular complexity index is 1020. The number of carbonyl (C=O) groups is 1. The Balaban J connectivity index is 1.40. The van der Waals surface area contributed by atoms with Crippen molar-refractivity contribution < 1.29 is 4.79 Å². The molecule has 0 spiro atoms. The standard InChI is InChI=1S/C24H35N7O/c1-4-5-8-19(15-18-16-25-21-10-7-6-9-20(18)21)26-23(32)22-27-24(29-28-22)31-13-11-30(12-14-31)17(2)3/h6-7,9-10,16-17,19,25H,4-5,8,11-15H2,1-3H3,(H,26,32)(H,27,28,29). The van der Waals surface area contributed by atoms with E-state index in [0.29, 0.717) is 12.0 Å². The smallest absolute Gasteiger partial charge is 0.288 e. The molecule has 0 radical (unpaired) electrons. The third-order valence-electron chi connectivity index (χ3n) is 6.40. The number of carbonyl (C=O) groups excluding carboxylic acids is 1. The third-order valence-corrected chi connectivity index (χ3v) is 6.40. The summed E-state index contributed by atoms with van der Waals surface area (Å²) in [6.07, 6.45) is 5.93. The molecule has 0 saturated carbocycles. The van der Waals surface area contributed by atoms with Crippen LogP contribution in [0.3, 0.4) is 0 Å². The Morgan fingerprint density at radius 2 is 1.97 bits per heavy atom. The summed E-state index contributed by atoms with van der Waals surface area (Å²) in [5, 5.41) is 11.6. The maximum atomic E-state index is 13.0. The van der Waals surface area contributed by atoms with Crippen molar-refractivity contribution in [3.63, 3.8) is 0 Å². The van der Waals surface area contributed by atoms with E-state index in [9.17, 15) is 4.79 Å². The van der Waals surface area contributed by atoms with Crippen molar-refractivity contribution in [1.29, 1.82) is 0 Å². The minimum Gasteiger partial charge on any atom is -0.361 e. The molecule has 0 aliphatic carbocycles. The molecule has 0 bridgehead atoms. The third kappa shape index (κ3) is 5.12. The molecule has 1 unspecified atom stereocenters. The van der Waals surface area contributed by atoms with Crippen molar-refractivity contribution in [2.24, 2.45) is 0 Å². The molecule has 1 fully saturated rings. The van der Waals surface area contributed by atoms with Gasteiger partial charge in [-0.2, -0.15) is 4.98 Å². The highest BCUT2D eigenvalue weighted by atomic mass is 16.2. The molecule has 1 aromatic carbocycles. The quantitative estimate of drug-likeness (QED) is 0.477. The second-order valence-corrected chi connectivity index (χ2v) is 8.98. The SMILES string of the molecule is CCCCC(Cc1c[nH]c2ccccc12)NC(=O)c1nc(N2CCN(C(C)C)CC2)n[nH]1. The number of nitrogens with zero attached hydrogens (tertiary/aromatic N) is 4. The molecular weight excluding hydrogens is 402 g/mol. The first-order valence-corrected chi connectivity index (χ1v) is 11.8. The van der Waals surface area contributed by atoms with Gasteiger partial charge in [-0.3, -0.25) is 14.8 Å². The van der Waals surface area contributed by atoms with Crippen LogP contribution in [0.1, 0.15) is 56.2 Å². The van der Waals surface area contributed by atoms with E-state index in [2.05, 4.69) is 80.4 Å². The summed E-state index contributed by atoms with van der Waals surface area (Å²) in [5.41, 5.74) is 2.35. The van der Waals surface area contributed by atoms with Gasteiger partial charge in [0.25, 0.3) is 5.91 Å². The Morgan fingerprint density at radius 3 is 2.72 bits per heavy atom. The van der Waals surface area contributed by atoms with E-state index >= 15 is 0 Å². The molecule has 3 N–H and O–H groups in total. The Morgan fingerprint density at radius 1 is 1.19 bits per heavy atom. The summed E-state index contributed by atoms with van der Waals surface area (Å²) in [4.78, 5) is 25.4. The fourth-order valence-corrected chi connectivity index (χ4v) is 4.43. The van der Waals surface area contributed by atoms with Crippen LogP contribution in [0.15, 0.2) is 30.5 Å². The molecule has 2 aromatic heterocycles. The zero-order valence-electron chi connectivity index (χ0n) is 19.4. The maximum Gasteiger partial charge on any atom is 0.288 e. The van der Waals surface area contributed by atoms with E-state index in [1.165, 1.54) is 10.9 Å². The highest BCUT2D eigenvalue weighted by Gasteiger charge is 2.24. The van der Waals surface area contributed by atoms with E-state index < -0.39 is 0 Å². The molecule has 3 heterocycles. The number of anilines is 1. The minimum atomic E-state index is -0.189. The number of hydrogen-bond donors (Lipinski definition) is 3. The number of aromatic amines is 2. The van der Waals surface area contributed by atoms with E-state index in [1.807, 2.05) is 6.07 Å². The second kappa shape index (κ2) is 10.2. The number of nitrogens with one attached hydrogen (secondary N) is 3. The molecule has 32 heavy (non-hydrogen) atoms. The number of unbranched alkanes of at least 4 members (excludes halogenated alkanes) is 1. The van der Waals surface area contributed by atoms with E-state index in [-0.39, 0.29) is 17.8 Å². The molecule has 3 aromatic rings. The minimum absolute atomic E-state index is 0.0461. The Labute approximate surface area is 189 Å². The maximum absolute atomic E-state index is 13.0. The van der Waals surface area contributed by atoms with Gasteiger partial charge in [-0.15, -0.1) is 5.10 Å². The molecule has 1 atom stereocenters. The van der Waals surface area contributed by atoms with Crippen LogP contribution in [0.2, 0.25) is 0 Å². The average molecular weight is 438 g/mol. The monoisotopic (exact) mass is 437 g/mol. The molecule has 172 valence electrons. The largest absolute Gasteiger partial charge is 0.361 e. The summed E-state index contributed by atoms with van der Waals surface area (Å²) in [6, 6.07) is 8.88. The first kappa shape index (κ1) is 22.3. The van der Waals surface area contributed by atoms with Crippen LogP contribution in [0, 0.1) is 0 Å². The Kier molecular flexibility index (Phi) is 7.09. The van der Waals surface area contributed by atoms with Crippen molar-refractivity contribution in [2.45, 2.75) is 58.5 Å². The van der Waals surface area contributed by atoms with Crippen LogP contribution in [-0.2, 0) is 6.42 Å². The predicted molar refractivity (Wildman–Crippen MR) is 128 cm³/mol. The lowest BCUT2D eigenvalue weighted by Crippen LogP contribution is -2.49. The van der Waals surface area contributed by atoms with Gasteiger partial charge in [0, 0.05) is 55.4 Å². The van der Waals surface area contributed by atoms with Crippen molar-refractivity contribution in [3.8, 4) is 0 Å². The number of fused-ring (bicyclic) bond motifs is 1. The van der Waals surface area contributed by atoms with Crippen molar-refractivity contribution in [1.82, 2.24) is 30.4 Å². The van der Waals surface area contributed by atoms with Crippen LogP contribution in [0.25, 0.3) is 10.9 Å². The molecular formula is C24H35N7O. The van der Waals surface area contributed by atoms with Crippen LogP contribution >= 0.6 is 0 Å². The lowest BCUT2D eigenvalue weighted by molar-refractivity contribution is 0.0924. The van der Waals surface area contributed by atoms with Crippen molar-refractivity contribution >= 4 is 22.8 Å². The second-order valence-electron chi connectivity index (χ2n) is 8.98. The summed E-state index contributed by atoms with van der Waals surface area (Å²) < 4.78 is 0. The van der Waals surface area contributed by atoms with E-state index in [4.69, 9.17) is 0 Å². The van der Waals surface area contributed by atoms with Gasteiger partial charge < -0.3 is 15.2 Å². The van der Waals surface area contributed by atoms with E-state index in [0.717, 1.165) is 57.4 Å². The summed E-state index contributed by atoms with van der Waals surface area (Å²) in [5.74, 6) is 0.706. The van der Waals surface area contributed by atoms with Crippen LogP contribution in [0.4, 0.5) is 5.95 Å². The normalized spacial score (nSPS) is 16.1. The predicted octanol–water partition coefficient (Wildman–Crippen LogP) is 3.35. The van der Waals surface area contributed by atoms with Crippen LogP contribution in [-0.4, -0.2) is 69.2 Å². The van der Waals surface area contributed by atoms with Gasteiger partial charge in [0.15, 0.2) is 0 Å². The molecule has 1 aliphatic rings. The summed E-state index contributed by atoms with van der Waals surface area (Å²) >= 11 is 0. The van der Waals surface area contributed by atoms with Gasteiger partial charge in [0.05, 0.1) is 0 Å². The topological polar surface area (TPSA) is 92.9 Å². The van der Waals surface area contributed by atoms with Gasteiger partial charge in [-0.25, -0.2) is 0 Å². The fraction of sp³-hybridized carbons (Fsp3) is 0.542. The first-order chi connectivity index (χ1) is 15.5. The Hall–Kier alpha value is -2.87. The molecule has 1 saturated heterocycles. The number of aromatic nitrogens is 4. The molecule has 1 aliphatic heterocycles. The molecule has 4 rings (SSSR count). The lowest BCUT2D eigenvalue weighted by Gasteiger charge is -2.36. The van der Waals surface area contributed by atoms with Gasteiger partial charge in [-0.1, -0.05) is 38.0 Å². The van der Waals surface area contributed by atoms with Gasteiger partial charge in [-0.05, 0) is 38.3 Å². The van der Waals surface area contributed by atoms with E-state index in [1.54, 1.807) is 0 Å². The summed E-state index contributed by atoms with van der Waals surface area (Å²) in [7, 11) is 0. The zero-order valence-corrected chi connectivity index (χ0v) is 19.4. The highest BCUT2D eigenvalue weighted by Crippen LogP contribution is 2.21. The number of H-pyrrole nitrogens is 2. The van der Waals surface area contributed by atoms with Crippen LogP contribution < -0.4 is 10.2 Å². The average Bonchev–Trinajstić information content (AvgIpc) is 3.45. The number of benzene rings is 1. The molecule has 8 heteroatoms. The molecule has 1 amide bonds. The first-order valence-electron chi connectivity index (χ1n) is 11.8. The number of amides is 1. The number of piperazine rings is 1. The van der Waals surface area contributed by atoms with Gasteiger partial charge in [0.2, 0.25) is 11.8 Å². The highest BCUT2D eigenvalue weighted by molar-refractivity contribution is 5.91. The number of para-hydroxylation sites is 1.